The zero-order chi connectivity index (χ0) is 13.7. The van der Waals surface area contributed by atoms with E-state index >= 15 is 0 Å². The van der Waals surface area contributed by atoms with E-state index in [1.165, 1.54) is 5.56 Å². The normalized spacial score (nSPS) is 11.9. The molecule has 0 saturated carbocycles. The maximum absolute atomic E-state index is 5.80. The fraction of sp³-hybridized carbons (Fsp3) is 0.250. The maximum Gasteiger partial charge on any atom is 0.169 e. The first-order valence-electron chi connectivity index (χ1n) is 6.34. The fourth-order valence-electron chi connectivity index (χ4n) is 1.90. The van der Waals surface area contributed by atoms with Crippen LogP contribution in [-0.2, 0) is 6.42 Å². The van der Waals surface area contributed by atoms with Gasteiger partial charge in [0.15, 0.2) is 11.5 Å². The lowest BCUT2D eigenvalue weighted by molar-refractivity contribution is 0.379. The minimum Gasteiger partial charge on any atom is -0.493 e. The second kappa shape index (κ2) is 6.25. The van der Waals surface area contributed by atoms with Gasteiger partial charge in [0, 0.05) is 6.04 Å². The number of methoxy groups -OCH3 is 1. The van der Waals surface area contributed by atoms with E-state index < -0.39 is 0 Å². The molecule has 0 spiro atoms. The van der Waals surface area contributed by atoms with E-state index in [2.05, 4.69) is 0 Å². The molecule has 0 aromatic heterocycles. The van der Waals surface area contributed by atoms with Crippen LogP contribution in [0.1, 0.15) is 12.5 Å². The Balaban J connectivity index is 2.11. The predicted molar refractivity (Wildman–Crippen MR) is 76.9 cm³/mol. The van der Waals surface area contributed by atoms with Crippen molar-refractivity contribution in [3.63, 3.8) is 0 Å². The number of rotatable bonds is 5. The molecule has 0 aliphatic rings. The van der Waals surface area contributed by atoms with E-state index in [0.717, 1.165) is 17.9 Å². The molecule has 0 radical (unpaired) electrons. The van der Waals surface area contributed by atoms with E-state index in [1.54, 1.807) is 7.11 Å². The first-order chi connectivity index (χ1) is 9.19. The maximum atomic E-state index is 5.80. The molecular formula is C16H19NO2. The fourth-order valence-corrected chi connectivity index (χ4v) is 1.90. The van der Waals surface area contributed by atoms with Crippen LogP contribution in [0.5, 0.6) is 17.2 Å². The van der Waals surface area contributed by atoms with E-state index in [9.17, 15) is 0 Å². The lowest BCUT2D eigenvalue weighted by Gasteiger charge is -2.11. The van der Waals surface area contributed by atoms with Gasteiger partial charge in [-0.05, 0) is 43.2 Å². The lowest BCUT2D eigenvalue weighted by Crippen LogP contribution is -2.17. The molecule has 0 fully saturated rings. The third-order valence-corrected chi connectivity index (χ3v) is 2.78. The second-order valence-corrected chi connectivity index (χ2v) is 4.58. The summed E-state index contributed by atoms with van der Waals surface area (Å²) in [7, 11) is 1.63. The Kier molecular flexibility index (Phi) is 4.42. The minimum absolute atomic E-state index is 0.168. The van der Waals surface area contributed by atoms with Crippen LogP contribution in [0.2, 0.25) is 0 Å². The summed E-state index contributed by atoms with van der Waals surface area (Å²) in [4.78, 5) is 0. The molecule has 19 heavy (non-hydrogen) atoms. The number of para-hydroxylation sites is 2. The van der Waals surface area contributed by atoms with Crippen molar-refractivity contribution in [1.82, 2.24) is 0 Å². The predicted octanol–water partition coefficient (Wildman–Crippen LogP) is 3.38. The van der Waals surface area contributed by atoms with Crippen LogP contribution in [0.3, 0.4) is 0 Å². The van der Waals surface area contributed by atoms with Gasteiger partial charge in [-0.25, -0.2) is 0 Å². The molecule has 2 aromatic carbocycles. The molecule has 2 aromatic rings. The largest absolute Gasteiger partial charge is 0.493 e. The zero-order valence-electron chi connectivity index (χ0n) is 11.3. The summed E-state index contributed by atoms with van der Waals surface area (Å²) >= 11 is 0. The lowest BCUT2D eigenvalue weighted by atomic mass is 10.1. The SMILES string of the molecule is COc1ccccc1Oc1ccc(CC(C)N)cc1. The highest BCUT2D eigenvalue weighted by molar-refractivity contribution is 5.43. The molecule has 0 heterocycles. The number of nitrogens with two attached hydrogens (primary N) is 1. The van der Waals surface area contributed by atoms with Crippen LogP contribution in [0.4, 0.5) is 0 Å². The Morgan fingerprint density at radius 2 is 1.63 bits per heavy atom. The van der Waals surface area contributed by atoms with E-state index in [1.807, 2.05) is 55.5 Å². The Morgan fingerprint density at radius 1 is 1.00 bits per heavy atom. The topological polar surface area (TPSA) is 44.5 Å². The molecule has 100 valence electrons. The summed E-state index contributed by atoms with van der Waals surface area (Å²) in [6.45, 7) is 2.00. The number of ether oxygens (including phenoxy) is 2. The molecule has 0 saturated heterocycles. The zero-order valence-corrected chi connectivity index (χ0v) is 11.3. The molecule has 0 amide bonds. The van der Waals surface area contributed by atoms with Gasteiger partial charge in [-0.1, -0.05) is 24.3 Å². The first-order valence-corrected chi connectivity index (χ1v) is 6.34. The third-order valence-electron chi connectivity index (χ3n) is 2.78. The average molecular weight is 257 g/mol. The molecule has 2 N–H and O–H groups in total. The van der Waals surface area contributed by atoms with Gasteiger partial charge in [0.1, 0.15) is 5.75 Å². The Hall–Kier alpha value is -2.00. The number of benzene rings is 2. The summed E-state index contributed by atoms with van der Waals surface area (Å²) in [5.41, 5.74) is 6.99. The molecule has 1 unspecified atom stereocenters. The van der Waals surface area contributed by atoms with Crippen LogP contribution < -0.4 is 15.2 Å². The highest BCUT2D eigenvalue weighted by atomic mass is 16.5. The Bertz CT molecular complexity index is 521. The van der Waals surface area contributed by atoms with Gasteiger partial charge in [0.05, 0.1) is 7.11 Å². The van der Waals surface area contributed by atoms with Gasteiger partial charge in [0.2, 0.25) is 0 Å². The third kappa shape index (κ3) is 3.73. The quantitative estimate of drug-likeness (QED) is 0.893. The molecule has 0 bridgehead atoms. The van der Waals surface area contributed by atoms with Crippen LogP contribution in [0, 0.1) is 0 Å². The standard InChI is InChI=1S/C16H19NO2/c1-12(17)11-13-7-9-14(10-8-13)19-16-6-4-3-5-15(16)18-2/h3-10,12H,11,17H2,1-2H3. The van der Waals surface area contributed by atoms with Crippen LogP contribution in [0.25, 0.3) is 0 Å². The van der Waals surface area contributed by atoms with Crippen molar-refractivity contribution in [3.05, 3.63) is 54.1 Å². The highest BCUT2D eigenvalue weighted by Crippen LogP contribution is 2.30. The van der Waals surface area contributed by atoms with Crippen molar-refractivity contribution in [2.75, 3.05) is 7.11 Å². The van der Waals surface area contributed by atoms with E-state index in [-0.39, 0.29) is 6.04 Å². The molecule has 3 nitrogen and oxygen atoms in total. The monoisotopic (exact) mass is 257 g/mol. The summed E-state index contributed by atoms with van der Waals surface area (Å²) < 4.78 is 11.1. The molecule has 0 aliphatic heterocycles. The molecule has 1 atom stereocenters. The summed E-state index contributed by atoms with van der Waals surface area (Å²) in [5, 5.41) is 0. The molecule has 2 rings (SSSR count). The molecular weight excluding hydrogens is 238 g/mol. The van der Waals surface area contributed by atoms with Gasteiger partial charge < -0.3 is 15.2 Å². The van der Waals surface area contributed by atoms with E-state index in [0.29, 0.717) is 5.75 Å². The van der Waals surface area contributed by atoms with E-state index in [4.69, 9.17) is 15.2 Å². The van der Waals surface area contributed by atoms with Crippen molar-refractivity contribution in [1.29, 1.82) is 0 Å². The summed E-state index contributed by atoms with van der Waals surface area (Å²) in [5.74, 6) is 2.23. The first kappa shape index (κ1) is 13.4. The van der Waals surface area contributed by atoms with Gasteiger partial charge in [-0.2, -0.15) is 0 Å². The Morgan fingerprint density at radius 3 is 2.21 bits per heavy atom. The summed E-state index contributed by atoms with van der Waals surface area (Å²) in [6, 6.07) is 15.7. The Labute approximate surface area is 114 Å². The molecule has 0 aliphatic carbocycles. The average Bonchev–Trinajstić information content (AvgIpc) is 2.41. The minimum atomic E-state index is 0.168. The van der Waals surface area contributed by atoms with Gasteiger partial charge in [-0.15, -0.1) is 0 Å². The van der Waals surface area contributed by atoms with Crippen LogP contribution in [-0.4, -0.2) is 13.2 Å². The van der Waals surface area contributed by atoms with Crippen LogP contribution in [0.15, 0.2) is 48.5 Å². The number of hydrogen-bond donors (Lipinski definition) is 1. The van der Waals surface area contributed by atoms with Crippen molar-refractivity contribution < 1.29 is 9.47 Å². The summed E-state index contributed by atoms with van der Waals surface area (Å²) in [6.07, 6.45) is 0.870. The van der Waals surface area contributed by atoms with Crippen molar-refractivity contribution in [3.8, 4) is 17.2 Å². The second-order valence-electron chi connectivity index (χ2n) is 4.58. The van der Waals surface area contributed by atoms with Crippen molar-refractivity contribution >= 4 is 0 Å². The van der Waals surface area contributed by atoms with Gasteiger partial charge in [0.25, 0.3) is 0 Å². The van der Waals surface area contributed by atoms with Crippen LogP contribution >= 0.6 is 0 Å². The van der Waals surface area contributed by atoms with Crippen molar-refractivity contribution in [2.24, 2.45) is 5.73 Å². The van der Waals surface area contributed by atoms with Gasteiger partial charge >= 0.3 is 0 Å². The number of hydrogen-bond acceptors (Lipinski definition) is 3. The smallest absolute Gasteiger partial charge is 0.169 e. The molecule has 3 heteroatoms. The van der Waals surface area contributed by atoms with Gasteiger partial charge in [-0.3, -0.25) is 0 Å². The highest BCUT2D eigenvalue weighted by Gasteiger charge is 2.04. The van der Waals surface area contributed by atoms with Crippen molar-refractivity contribution in [2.45, 2.75) is 19.4 Å².